The molecule has 0 saturated heterocycles. The molecule has 24 heavy (non-hydrogen) atoms. The van der Waals surface area contributed by atoms with Gasteiger partial charge in [-0.25, -0.2) is 4.98 Å². The normalized spacial score (nSPS) is 14.7. The van der Waals surface area contributed by atoms with E-state index in [4.69, 9.17) is 4.98 Å². The molecule has 1 unspecified atom stereocenters. The molecule has 1 aromatic heterocycles. The van der Waals surface area contributed by atoms with E-state index in [2.05, 4.69) is 28.6 Å². The van der Waals surface area contributed by atoms with Gasteiger partial charge in [-0.15, -0.1) is 6.58 Å². The molecule has 0 aliphatic heterocycles. The highest BCUT2D eigenvalue weighted by Gasteiger charge is 2.24. The van der Waals surface area contributed by atoms with Crippen molar-refractivity contribution in [2.45, 2.75) is 43.0 Å². The largest absolute Gasteiger partial charge is 0.352 e. The molecule has 2 aromatic rings. The number of aryl methyl sites for hydroxylation is 1. The summed E-state index contributed by atoms with van der Waals surface area (Å²) in [6.45, 7) is 6.05. The van der Waals surface area contributed by atoms with Crippen LogP contribution in [-0.2, 0) is 17.6 Å². The number of thioether (sulfide) groups is 1. The number of nitrogens with zero attached hydrogens (tertiary/aromatic N) is 2. The molecule has 4 nitrogen and oxygen atoms in total. The van der Waals surface area contributed by atoms with E-state index in [0.29, 0.717) is 6.54 Å². The quantitative estimate of drug-likeness (QED) is 0.646. The monoisotopic (exact) mass is 341 g/mol. The molecule has 1 N–H and O–H groups in total. The number of imidazole rings is 1. The predicted molar refractivity (Wildman–Crippen MR) is 98.7 cm³/mol. The number of fused-ring (bicyclic) bond motifs is 1. The molecule has 1 atom stereocenters. The number of para-hydroxylation sites is 1. The molecule has 1 aliphatic rings. The average molecular weight is 341 g/mol. The Balaban J connectivity index is 1.91. The standard InChI is InChI=1S/C19H23N3OS/c1-3-13-20-18(23)14(2)24-19-21-16-11-7-8-12-17(16)22(19)15-9-5-4-6-10-15/h3-6,9-10,14H,1,7-8,11-13H2,2H3,(H,20,23). The van der Waals surface area contributed by atoms with Gasteiger partial charge in [-0.05, 0) is 44.7 Å². The van der Waals surface area contributed by atoms with Gasteiger partial charge in [-0.3, -0.25) is 9.36 Å². The number of carbonyl (C=O) groups is 1. The predicted octanol–water partition coefficient (Wildman–Crippen LogP) is 3.53. The third-order valence-electron chi connectivity index (χ3n) is 4.19. The number of hydrogen-bond donors (Lipinski definition) is 1. The lowest BCUT2D eigenvalue weighted by Gasteiger charge is -2.16. The summed E-state index contributed by atoms with van der Waals surface area (Å²) in [5.74, 6) is 0.0143. The van der Waals surface area contributed by atoms with Crippen LogP contribution in [0.15, 0.2) is 48.1 Å². The summed E-state index contributed by atoms with van der Waals surface area (Å²) in [4.78, 5) is 17.0. The summed E-state index contributed by atoms with van der Waals surface area (Å²) in [6.07, 6.45) is 6.16. The maximum atomic E-state index is 12.2. The van der Waals surface area contributed by atoms with E-state index in [-0.39, 0.29) is 11.2 Å². The van der Waals surface area contributed by atoms with Crippen molar-refractivity contribution in [3.63, 3.8) is 0 Å². The van der Waals surface area contributed by atoms with Gasteiger partial charge in [0, 0.05) is 17.9 Å². The zero-order valence-corrected chi connectivity index (χ0v) is 14.8. The number of nitrogens with one attached hydrogen (secondary N) is 1. The van der Waals surface area contributed by atoms with Gasteiger partial charge in [0.25, 0.3) is 0 Å². The molecule has 0 fully saturated rings. The number of benzene rings is 1. The van der Waals surface area contributed by atoms with Crippen LogP contribution in [0, 0.1) is 0 Å². The maximum Gasteiger partial charge on any atom is 0.233 e. The Morgan fingerprint density at radius 3 is 2.88 bits per heavy atom. The van der Waals surface area contributed by atoms with Crippen molar-refractivity contribution < 1.29 is 4.79 Å². The molecule has 1 aromatic carbocycles. The highest BCUT2D eigenvalue weighted by Crippen LogP contribution is 2.32. The molecule has 0 radical (unpaired) electrons. The van der Waals surface area contributed by atoms with Crippen molar-refractivity contribution in [1.29, 1.82) is 0 Å². The Kier molecular flexibility index (Phi) is 5.41. The summed E-state index contributed by atoms with van der Waals surface area (Å²) < 4.78 is 2.23. The summed E-state index contributed by atoms with van der Waals surface area (Å²) in [5.41, 5.74) is 3.61. The highest BCUT2D eigenvalue weighted by atomic mass is 32.2. The first kappa shape index (κ1) is 16.8. The van der Waals surface area contributed by atoms with Crippen molar-refractivity contribution >= 4 is 17.7 Å². The van der Waals surface area contributed by atoms with Gasteiger partial charge in [0.05, 0.1) is 10.9 Å². The minimum absolute atomic E-state index is 0.0143. The molecule has 1 heterocycles. The van der Waals surface area contributed by atoms with Gasteiger partial charge in [-0.2, -0.15) is 0 Å². The molecule has 0 saturated carbocycles. The SMILES string of the molecule is C=CCNC(=O)C(C)Sc1nc2c(n1-c1ccccc1)CCCC2. The zero-order chi connectivity index (χ0) is 16.9. The van der Waals surface area contributed by atoms with E-state index in [9.17, 15) is 4.79 Å². The Hall–Kier alpha value is -2.01. The van der Waals surface area contributed by atoms with Gasteiger partial charge in [-0.1, -0.05) is 36.0 Å². The highest BCUT2D eigenvalue weighted by molar-refractivity contribution is 8.00. The number of hydrogen-bond acceptors (Lipinski definition) is 3. The zero-order valence-electron chi connectivity index (χ0n) is 14.0. The van der Waals surface area contributed by atoms with Crippen LogP contribution in [0.4, 0.5) is 0 Å². The van der Waals surface area contributed by atoms with Crippen LogP contribution in [-0.4, -0.2) is 27.3 Å². The van der Waals surface area contributed by atoms with E-state index in [1.807, 2.05) is 25.1 Å². The molecular formula is C19H23N3OS. The average Bonchev–Trinajstić information content (AvgIpc) is 2.98. The number of carbonyl (C=O) groups excluding carboxylic acids is 1. The van der Waals surface area contributed by atoms with Crippen LogP contribution in [0.5, 0.6) is 0 Å². The number of aromatic nitrogens is 2. The smallest absolute Gasteiger partial charge is 0.233 e. The van der Waals surface area contributed by atoms with Crippen LogP contribution in [0.1, 0.15) is 31.2 Å². The van der Waals surface area contributed by atoms with Crippen LogP contribution >= 0.6 is 11.8 Å². The van der Waals surface area contributed by atoms with Crippen LogP contribution < -0.4 is 5.32 Å². The summed E-state index contributed by atoms with van der Waals surface area (Å²) in [7, 11) is 0. The summed E-state index contributed by atoms with van der Waals surface area (Å²) >= 11 is 1.52. The minimum atomic E-state index is -0.198. The first-order valence-corrected chi connectivity index (χ1v) is 9.30. The van der Waals surface area contributed by atoms with Crippen LogP contribution in [0.25, 0.3) is 5.69 Å². The Labute approximate surface area is 147 Å². The van der Waals surface area contributed by atoms with Gasteiger partial charge in [0.15, 0.2) is 5.16 Å². The Morgan fingerprint density at radius 1 is 1.38 bits per heavy atom. The van der Waals surface area contributed by atoms with Crippen molar-refractivity contribution in [3.05, 3.63) is 54.4 Å². The molecular weight excluding hydrogens is 318 g/mol. The van der Waals surface area contributed by atoms with Gasteiger partial charge in [0.2, 0.25) is 5.91 Å². The van der Waals surface area contributed by atoms with Gasteiger partial charge in [0.1, 0.15) is 0 Å². The number of rotatable bonds is 6. The first-order valence-electron chi connectivity index (χ1n) is 8.42. The molecule has 5 heteroatoms. The van der Waals surface area contributed by atoms with Gasteiger partial charge < -0.3 is 5.32 Å². The fraction of sp³-hybridized carbons (Fsp3) is 0.368. The Bertz CT molecular complexity index is 724. The third kappa shape index (κ3) is 3.56. The second kappa shape index (κ2) is 7.71. The van der Waals surface area contributed by atoms with Crippen LogP contribution in [0.3, 0.4) is 0 Å². The summed E-state index contributed by atoms with van der Waals surface area (Å²) in [5, 5.41) is 3.57. The van der Waals surface area contributed by atoms with Crippen LogP contribution in [0.2, 0.25) is 0 Å². The van der Waals surface area contributed by atoms with E-state index in [1.54, 1.807) is 6.08 Å². The fourth-order valence-electron chi connectivity index (χ4n) is 2.97. The number of amides is 1. The van der Waals surface area contributed by atoms with Crippen molar-refractivity contribution in [2.24, 2.45) is 0 Å². The third-order valence-corrected chi connectivity index (χ3v) is 5.24. The fourth-order valence-corrected chi connectivity index (χ4v) is 3.96. The van der Waals surface area contributed by atoms with Crippen molar-refractivity contribution in [3.8, 4) is 5.69 Å². The summed E-state index contributed by atoms with van der Waals surface area (Å²) in [6, 6.07) is 10.3. The minimum Gasteiger partial charge on any atom is -0.352 e. The van der Waals surface area contributed by atoms with Crippen molar-refractivity contribution in [2.75, 3.05) is 6.54 Å². The molecule has 1 aliphatic carbocycles. The molecule has 0 bridgehead atoms. The van der Waals surface area contributed by atoms with Crippen molar-refractivity contribution in [1.82, 2.24) is 14.9 Å². The molecule has 1 amide bonds. The second-order valence-electron chi connectivity index (χ2n) is 5.96. The molecule has 0 spiro atoms. The van der Waals surface area contributed by atoms with Gasteiger partial charge >= 0.3 is 0 Å². The Morgan fingerprint density at radius 2 is 2.12 bits per heavy atom. The van der Waals surface area contributed by atoms with E-state index in [1.165, 1.54) is 36.0 Å². The molecule has 126 valence electrons. The van der Waals surface area contributed by atoms with E-state index >= 15 is 0 Å². The molecule has 3 rings (SSSR count). The second-order valence-corrected chi connectivity index (χ2v) is 7.27. The van der Waals surface area contributed by atoms with E-state index < -0.39 is 0 Å². The topological polar surface area (TPSA) is 46.9 Å². The lowest BCUT2D eigenvalue weighted by atomic mass is 10.0. The first-order chi connectivity index (χ1) is 11.7. The maximum absolute atomic E-state index is 12.2. The lowest BCUT2D eigenvalue weighted by molar-refractivity contribution is -0.120. The van der Waals surface area contributed by atoms with E-state index in [0.717, 1.165) is 23.7 Å². The lowest BCUT2D eigenvalue weighted by Crippen LogP contribution is -2.31.